The van der Waals surface area contributed by atoms with Crippen LogP contribution in [0.2, 0.25) is 0 Å². The lowest BCUT2D eigenvalue weighted by atomic mass is 10.0. The Morgan fingerprint density at radius 3 is 2.60 bits per heavy atom. The third-order valence-corrected chi connectivity index (χ3v) is 4.98. The highest BCUT2D eigenvalue weighted by Gasteiger charge is 2.27. The molecular weight excluding hydrogens is 314 g/mol. The number of ether oxygens (including phenoxy) is 1. The number of benzene rings is 1. The zero-order valence-electron chi connectivity index (χ0n) is 15.6. The number of carbonyl (C=O) groups is 1. The van der Waals surface area contributed by atoms with E-state index >= 15 is 0 Å². The molecule has 0 spiro atoms. The normalized spacial score (nSPS) is 17.8. The van der Waals surface area contributed by atoms with Crippen LogP contribution in [0, 0.1) is 5.92 Å². The minimum absolute atomic E-state index is 0.00457. The van der Waals surface area contributed by atoms with Crippen molar-refractivity contribution >= 4 is 5.78 Å². The summed E-state index contributed by atoms with van der Waals surface area (Å²) in [7, 11) is 0. The Bertz CT molecular complexity index is 500. The maximum atomic E-state index is 11.6. The van der Waals surface area contributed by atoms with E-state index in [2.05, 4.69) is 24.0 Å². The highest BCUT2D eigenvalue weighted by atomic mass is 16.5. The molecule has 0 bridgehead atoms. The van der Waals surface area contributed by atoms with Crippen molar-refractivity contribution in [2.24, 2.45) is 5.92 Å². The Labute approximate surface area is 152 Å². The summed E-state index contributed by atoms with van der Waals surface area (Å²) in [6, 6.07) is 8.30. The zero-order valence-corrected chi connectivity index (χ0v) is 15.6. The van der Waals surface area contributed by atoms with Crippen LogP contribution in [-0.2, 0) is 11.3 Å². The number of hydrogen-bond acceptors (Lipinski definition) is 4. The lowest BCUT2D eigenvalue weighted by molar-refractivity contribution is -0.125. The summed E-state index contributed by atoms with van der Waals surface area (Å²) in [6.07, 6.45) is 8.52. The van der Waals surface area contributed by atoms with E-state index in [4.69, 9.17) is 9.84 Å². The van der Waals surface area contributed by atoms with E-state index in [0.717, 1.165) is 44.8 Å². The predicted octanol–water partition coefficient (Wildman–Crippen LogP) is 3.81. The summed E-state index contributed by atoms with van der Waals surface area (Å²) in [5, 5.41) is 8.96. The maximum Gasteiger partial charge on any atom is 0.162 e. The first-order chi connectivity index (χ1) is 12.2. The van der Waals surface area contributed by atoms with Gasteiger partial charge in [-0.3, -0.25) is 9.69 Å². The fourth-order valence-corrected chi connectivity index (χ4v) is 3.39. The van der Waals surface area contributed by atoms with Crippen molar-refractivity contribution in [3.63, 3.8) is 0 Å². The number of ketones is 1. The van der Waals surface area contributed by atoms with Crippen molar-refractivity contribution in [3.05, 3.63) is 29.8 Å². The standard InChI is InChI=1S/C21H33NO3/c1-2-3-4-5-6-7-14-25-20-10-8-18(9-11-20)15-22-13-12-19(16-22)21(24)17-23/h8-11,19,23H,2-7,12-17H2,1H3. The predicted molar refractivity (Wildman–Crippen MR) is 101 cm³/mol. The number of Topliss-reactive ketones (excluding diaryl/α,β-unsaturated/α-hetero) is 1. The molecule has 0 amide bonds. The summed E-state index contributed by atoms with van der Waals surface area (Å²) >= 11 is 0. The van der Waals surface area contributed by atoms with Gasteiger partial charge in [-0.25, -0.2) is 0 Å². The molecule has 1 heterocycles. The van der Waals surface area contributed by atoms with Gasteiger partial charge in [0.15, 0.2) is 5.78 Å². The van der Waals surface area contributed by atoms with Crippen LogP contribution in [0.1, 0.15) is 57.4 Å². The van der Waals surface area contributed by atoms with Crippen LogP contribution in [0.25, 0.3) is 0 Å². The largest absolute Gasteiger partial charge is 0.494 e. The molecule has 1 fully saturated rings. The van der Waals surface area contributed by atoms with Crippen LogP contribution in [0.4, 0.5) is 0 Å². The molecule has 140 valence electrons. The minimum atomic E-state index is -0.330. The highest BCUT2D eigenvalue weighted by Crippen LogP contribution is 2.21. The first-order valence-electron chi connectivity index (χ1n) is 9.80. The number of unbranched alkanes of at least 4 members (excludes halogenated alkanes) is 5. The van der Waals surface area contributed by atoms with Gasteiger partial charge in [-0.05, 0) is 37.1 Å². The van der Waals surface area contributed by atoms with E-state index in [-0.39, 0.29) is 18.3 Å². The van der Waals surface area contributed by atoms with Crippen LogP contribution in [0.5, 0.6) is 5.75 Å². The molecule has 1 saturated heterocycles. The first kappa shape index (κ1) is 19.9. The van der Waals surface area contributed by atoms with Crippen LogP contribution in [0.3, 0.4) is 0 Å². The maximum absolute atomic E-state index is 11.6. The van der Waals surface area contributed by atoms with Gasteiger partial charge in [0.05, 0.1) is 6.61 Å². The molecule has 1 N–H and O–H groups in total. The molecule has 1 unspecified atom stereocenters. The van der Waals surface area contributed by atoms with E-state index in [1.54, 1.807) is 0 Å². The van der Waals surface area contributed by atoms with Gasteiger partial charge < -0.3 is 9.84 Å². The highest BCUT2D eigenvalue weighted by molar-refractivity contribution is 5.82. The second-order valence-corrected chi connectivity index (χ2v) is 7.11. The molecule has 2 rings (SSSR count). The molecule has 0 aliphatic carbocycles. The summed E-state index contributed by atoms with van der Waals surface area (Å²) in [4.78, 5) is 13.8. The second-order valence-electron chi connectivity index (χ2n) is 7.11. The zero-order chi connectivity index (χ0) is 17.9. The third-order valence-electron chi connectivity index (χ3n) is 4.98. The van der Waals surface area contributed by atoms with Gasteiger partial charge in [0, 0.05) is 19.0 Å². The van der Waals surface area contributed by atoms with Crippen molar-refractivity contribution in [3.8, 4) is 5.75 Å². The van der Waals surface area contributed by atoms with Gasteiger partial charge >= 0.3 is 0 Å². The number of aliphatic hydroxyl groups excluding tert-OH is 1. The van der Waals surface area contributed by atoms with Gasteiger partial charge in [-0.15, -0.1) is 0 Å². The van der Waals surface area contributed by atoms with Gasteiger partial charge in [0.25, 0.3) is 0 Å². The number of aliphatic hydroxyl groups is 1. The monoisotopic (exact) mass is 347 g/mol. The van der Waals surface area contributed by atoms with Gasteiger partial charge in [-0.1, -0.05) is 51.2 Å². The molecule has 1 aliphatic rings. The Hall–Kier alpha value is -1.39. The molecule has 0 aromatic heterocycles. The quantitative estimate of drug-likeness (QED) is 0.584. The van der Waals surface area contributed by atoms with E-state index in [0.29, 0.717) is 0 Å². The topological polar surface area (TPSA) is 49.8 Å². The average Bonchev–Trinajstić information content (AvgIpc) is 3.10. The number of nitrogens with zero attached hydrogens (tertiary/aromatic N) is 1. The molecule has 1 aliphatic heterocycles. The lowest BCUT2D eigenvalue weighted by Crippen LogP contribution is -2.24. The van der Waals surface area contributed by atoms with Crippen molar-refractivity contribution in [1.29, 1.82) is 0 Å². The fourth-order valence-electron chi connectivity index (χ4n) is 3.39. The van der Waals surface area contributed by atoms with Crippen molar-refractivity contribution in [2.75, 3.05) is 26.3 Å². The molecule has 0 radical (unpaired) electrons. The SMILES string of the molecule is CCCCCCCCOc1ccc(CN2CCC(C(=O)CO)C2)cc1. The number of hydrogen-bond donors (Lipinski definition) is 1. The Morgan fingerprint density at radius 2 is 1.88 bits per heavy atom. The smallest absolute Gasteiger partial charge is 0.162 e. The van der Waals surface area contributed by atoms with Crippen molar-refractivity contribution < 1.29 is 14.6 Å². The molecule has 0 saturated carbocycles. The molecule has 1 atom stereocenters. The summed E-state index contributed by atoms with van der Waals surface area (Å²) in [6.45, 7) is 5.24. The van der Waals surface area contributed by atoms with E-state index in [1.165, 1.54) is 37.7 Å². The van der Waals surface area contributed by atoms with E-state index in [9.17, 15) is 4.79 Å². The molecule has 4 nitrogen and oxygen atoms in total. The summed E-state index contributed by atoms with van der Waals surface area (Å²) < 4.78 is 5.81. The molecule has 1 aromatic rings. The molecule has 4 heteroatoms. The Balaban J connectivity index is 1.64. The summed E-state index contributed by atoms with van der Waals surface area (Å²) in [5.41, 5.74) is 1.24. The second kappa shape index (κ2) is 11.3. The van der Waals surface area contributed by atoms with Gasteiger partial charge in [0.2, 0.25) is 0 Å². The van der Waals surface area contributed by atoms with Crippen LogP contribution < -0.4 is 4.74 Å². The summed E-state index contributed by atoms with van der Waals surface area (Å²) in [5.74, 6) is 0.915. The van der Waals surface area contributed by atoms with Crippen molar-refractivity contribution in [1.82, 2.24) is 4.90 Å². The Morgan fingerprint density at radius 1 is 1.16 bits per heavy atom. The van der Waals surface area contributed by atoms with Crippen molar-refractivity contribution in [2.45, 2.75) is 58.4 Å². The Kier molecular flexibility index (Phi) is 8.98. The van der Waals surface area contributed by atoms with E-state index < -0.39 is 0 Å². The fraction of sp³-hybridized carbons (Fsp3) is 0.667. The molecule has 1 aromatic carbocycles. The molecule has 25 heavy (non-hydrogen) atoms. The van der Waals surface area contributed by atoms with E-state index in [1.807, 2.05) is 12.1 Å². The lowest BCUT2D eigenvalue weighted by Gasteiger charge is -2.16. The van der Waals surface area contributed by atoms with Crippen LogP contribution in [0.15, 0.2) is 24.3 Å². The number of likely N-dealkylation sites (tertiary alicyclic amines) is 1. The number of rotatable bonds is 12. The average molecular weight is 347 g/mol. The third kappa shape index (κ3) is 7.17. The number of carbonyl (C=O) groups excluding carboxylic acids is 1. The minimum Gasteiger partial charge on any atom is -0.494 e. The van der Waals surface area contributed by atoms with Gasteiger partial charge in [0.1, 0.15) is 12.4 Å². The van der Waals surface area contributed by atoms with Crippen LogP contribution >= 0.6 is 0 Å². The molecular formula is C21H33NO3. The first-order valence-corrected chi connectivity index (χ1v) is 9.80. The van der Waals surface area contributed by atoms with Crippen LogP contribution in [-0.4, -0.2) is 42.1 Å². The van der Waals surface area contributed by atoms with Gasteiger partial charge in [-0.2, -0.15) is 0 Å².